The number of rotatable bonds is 5. The minimum atomic E-state index is 0.247. The van der Waals surface area contributed by atoms with E-state index in [-0.39, 0.29) is 5.91 Å². The zero-order chi connectivity index (χ0) is 13.0. The Balaban J connectivity index is 1.68. The lowest BCUT2D eigenvalue weighted by Gasteiger charge is -2.30. The van der Waals surface area contributed by atoms with E-state index in [0.29, 0.717) is 13.0 Å². The topological polar surface area (TPSA) is 29.5 Å². The van der Waals surface area contributed by atoms with Crippen LogP contribution in [0.1, 0.15) is 24.8 Å². The van der Waals surface area contributed by atoms with Gasteiger partial charge in [0, 0.05) is 24.5 Å². The number of hydrogen-bond acceptors (Lipinski definition) is 2. The van der Waals surface area contributed by atoms with Gasteiger partial charge in [-0.15, -0.1) is 0 Å². The van der Waals surface area contributed by atoms with Crippen molar-refractivity contribution >= 4 is 17.5 Å². The molecule has 98 valence electrons. The Hall–Kier alpha value is -1.22. The van der Waals surface area contributed by atoms with Crippen molar-refractivity contribution in [3.63, 3.8) is 0 Å². The van der Waals surface area contributed by atoms with Gasteiger partial charge in [-0.3, -0.25) is 4.79 Å². The number of aryl methyl sites for hydroxylation is 1. The SMILES string of the molecule is Cc1cc(OCCCC(=O)N2CCC2)ccc1Cl. The summed E-state index contributed by atoms with van der Waals surface area (Å²) < 4.78 is 5.59. The Labute approximate surface area is 113 Å². The lowest BCUT2D eigenvalue weighted by Crippen LogP contribution is -2.42. The number of hydrogen-bond donors (Lipinski definition) is 0. The van der Waals surface area contributed by atoms with Gasteiger partial charge in [0.05, 0.1) is 6.61 Å². The summed E-state index contributed by atoms with van der Waals surface area (Å²) in [5.41, 5.74) is 1.01. The molecule has 0 aliphatic carbocycles. The highest BCUT2D eigenvalue weighted by Gasteiger charge is 2.19. The van der Waals surface area contributed by atoms with Gasteiger partial charge in [-0.2, -0.15) is 0 Å². The monoisotopic (exact) mass is 267 g/mol. The van der Waals surface area contributed by atoms with E-state index in [1.54, 1.807) is 0 Å². The van der Waals surface area contributed by atoms with Crippen LogP contribution in [0.3, 0.4) is 0 Å². The smallest absolute Gasteiger partial charge is 0.222 e. The molecule has 0 N–H and O–H groups in total. The van der Waals surface area contributed by atoms with E-state index in [0.717, 1.165) is 42.3 Å². The third-order valence-electron chi connectivity index (χ3n) is 3.14. The number of carbonyl (C=O) groups is 1. The fourth-order valence-corrected chi connectivity index (χ4v) is 1.96. The van der Waals surface area contributed by atoms with Crippen molar-refractivity contribution in [1.82, 2.24) is 4.90 Å². The summed E-state index contributed by atoms with van der Waals surface area (Å²) in [5.74, 6) is 1.06. The largest absolute Gasteiger partial charge is 0.494 e. The van der Waals surface area contributed by atoms with Gasteiger partial charge < -0.3 is 9.64 Å². The molecule has 0 atom stereocenters. The maximum atomic E-state index is 11.6. The molecule has 1 aliphatic heterocycles. The number of benzene rings is 1. The van der Waals surface area contributed by atoms with Crippen LogP contribution in [0.25, 0.3) is 0 Å². The van der Waals surface area contributed by atoms with E-state index in [4.69, 9.17) is 16.3 Å². The van der Waals surface area contributed by atoms with Crippen LogP contribution in [-0.2, 0) is 4.79 Å². The molecule has 0 radical (unpaired) electrons. The number of nitrogens with zero attached hydrogens (tertiary/aromatic N) is 1. The van der Waals surface area contributed by atoms with Crippen LogP contribution in [0, 0.1) is 6.92 Å². The molecule has 0 aromatic heterocycles. The molecule has 1 fully saturated rings. The van der Waals surface area contributed by atoms with Gasteiger partial charge in [0.2, 0.25) is 5.91 Å². The fourth-order valence-electron chi connectivity index (χ4n) is 1.84. The summed E-state index contributed by atoms with van der Waals surface area (Å²) in [4.78, 5) is 13.5. The molecule has 18 heavy (non-hydrogen) atoms. The maximum Gasteiger partial charge on any atom is 0.222 e. The number of likely N-dealkylation sites (tertiary alicyclic amines) is 1. The highest BCUT2D eigenvalue weighted by Crippen LogP contribution is 2.21. The van der Waals surface area contributed by atoms with E-state index < -0.39 is 0 Å². The predicted octanol–water partition coefficient (Wildman–Crippen LogP) is 3.04. The van der Waals surface area contributed by atoms with Gasteiger partial charge in [-0.05, 0) is 43.5 Å². The van der Waals surface area contributed by atoms with Crippen LogP contribution in [0.4, 0.5) is 0 Å². The predicted molar refractivity (Wildman–Crippen MR) is 72.1 cm³/mol. The molecule has 1 aromatic rings. The minimum absolute atomic E-state index is 0.247. The number of halogens is 1. The van der Waals surface area contributed by atoms with Crippen LogP contribution >= 0.6 is 11.6 Å². The van der Waals surface area contributed by atoms with E-state index in [9.17, 15) is 4.79 Å². The van der Waals surface area contributed by atoms with Crippen molar-refractivity contribution in [2.24, 2.45) is 0 Å². The average molecular weight is 268 g/mol. The molecule has 3 nitrogen and oxygen atoms in total. The maximum absolute atomic E-state index is 11.6. The minimum Gasteiger partial charge on any atom is -0.494 e. The molecular weight excluding hydrogens is 250 g/mol. The lowest BCUT2D eigenvalue weighted by atomic mass is 10.2. The first kappa shape index (κ1) is 13.2. The second kappa shape index (κ2) is 6.10. The highest BCUT2D eigenvalue weighted by atomic mass is 35.5. The molecule has 4 heteroatoms. The lowest BCUT2D eigenvalue weighted by molar-refractivity contribution is -0.134. The molecular formula is C14H18ClNO2. The second-order valence-electron chi connectivity index (χ2n) is 4.60. The Morgan fingerprint density at radius 3 is 2.83 bits per heavy atom. The molecule has 2 rings (SSSR count). The van der Waals surface area contributed by atoms with Crippen molar-refractivity contribution in [1.29, 1.82) is 0 Å². The van der Waals surface area contributed by atoms with Crippen molar-refractivity contribution in [2.75, 3.05) is 19.7 Å². The van der Waals surface area contributed by atoms with Crippen LogP contribution < -0.4 is 4.74 Å². The summed E-state index contributed by atoms with van der Waals surface area (Å²) in [6, 6.07) is 5.60. The molecule has 1 saturated heterocycles. The molecule has 0 bridgehead atoms. The summed E-state index contributed by atoms with van der Waals surface area (Å²) in [5, 5.41) is 0.746. The average Bonchev–Trinajstić information content (AvgIpc) is 2.27. The van der Waals surface area contributed by atoms with Gasteiger partial charge >= 0.3 is 0 Å². The van der Waals surface area contributed by atoms with E-state index >= 15 is 0 Å². The summed E-state index contributed by atoms with van der Waals surface area (Å²) in [6.45, 7) is 4.37. The molecule has 0 saturated carbocycles. The summed E-state index contributed by atoms with van der Waals surface area (Å²) >= 11 is 5.94. The normalized spacial score (nSPS) is 14.2. The van der Waals surface area contributed by atoms with Gasteiger partial charge in [-0.25, -0.2) is 0 Å². The van der Waals surface area contributed by atoms with Crippen LogP contribution in [0.5, 0.6) is 5.75 Å². The van der Waals surface area contributed by atoms with Gasteiger partial charge in [-0.1, -0.05) is 11.6 Å². The van der Waals surface area contributed by atoms with Crippen molar-refractivity contribution < 1.29 is 9.53 Å². The van der Waals surface area contributed by atoms with Crippen molar-refractivity contribution in [3.05, 3.63) is 28.8 Å². The zero-order valence-electron chi connectivity index (χ0n) is 10.6. The molecule has 1 aliphatic rings. The second-order valence-corrected chi connectivity index (χ2v) is 5.00. The molecule has 0 spiro atoms. The van der Waals surface area contributed by atoms with E-state index in [1.165, 1.54) is 0 Å². The Kier molecular flexibility index (Phi) is 4.48. The van der Waals surface area contributed by atoms with Gasteiger partial charge in [0.25, 0.3) is 0 Å². The summed E-state index contributed by atoms with van der Waals surface area (Å²) in [6.07, 6.45) is 2.48. The highest BCUT2D eigenvalue weighted by molar-refractivity contribution is 6.31. The van der Waals surface area contributed by atoms with Gasteiger partial charge in [0.1, 0.15) is 5.75 Å². The molecule has 0 unspecified atom stereocenters. The standard InChI is InChI=1S/C14H18ClNO2/c1-11-10-12(5-6-13(11)15)18-9-2-4-14(17)16-7-3-8-16/h5-6,10H,2-4,7-9H2,1H3. The van der Waals surface area contributed by atoms with E-state index in [1.807, 2.05) is 30.0 Å². The van der Waals surface area contributed by atoms with Crippen molar-refractivity contribution in [3.8, 4) is 5.75 Å². The third-order valence-corrected chi connectivity index (χ3v) is 3.57. The zero-order valence-corrected chi connectivity index (χ0v) is 11.4. The first-order chi connectivity index (χ1) is 8.66. The van der Waals surface area contributed by atoms with Crippen LogP contribution in [-0.4, -0.2) is 30.5 Å². The number of carbonyl (C=O) groups excluding carboxylic acids is 1. The van der Waals surface area contributed by atoms with Gasteiger partial charge in [0.15, 0.2) is 0 Å². The third kappa shape index (κ3) is 3.39. The Morgan fingerprint density at radius 1 is 1.44 bits per heavy atom. The first-order valence-electron chi connectivity index (χ1n) is 6.33. The Bertz CT molecular complexity index is 430. The first-order valence-corrected chi connectivity index (χ1v) is 6.71. The van der Waals surface area contributed by atoms with Crippen molar-refractivity contribution in [2.45, 2.75) is 26.2 Å². The Morgan fingerprint density at radius 2 is 2.22 bits per heavy atom. The van der Waals surface area contributed by atoms with Crippen LogP contribution in [0.15, 0.2) is 18.2 Å². The number of amides is 1. The van der Waals surface area contributed by atoms with Crippen LogP contribution in [0.2, 0.25) is 5.02 Å². The quantitative estimate of drug-likeness (QED) is 0.768. The molecule has 1 aromatic carbocycles. The summed E-state index contributed by atoms with van der Waals surface area (Å²) in [7, 11) is 0. The molecule has 1 heterocycles. The number of ether oxygens (including phenoxy) is 1. The molecule has 1 amide bonds. The van der Waals surface area contributed by atoms with E-state index in [2.05, 4.69) is 0 Å². The fraction of sp³-hybridized carbons (Fsp3) is 0.500.